The number of furan rings is 1. The van der Waals surface area contributed by atoms with Crippen LogP contribution in [0.2, 0.25) is 0 Å². The van der Waals surface area contributed by atoms with E-state index in [1.165, 1.54) is 11.1 Å². The second-order valence-electron chi connectivity index (χ2n) is 13.7. The average molecular weight is 719 g/mol. The highest BCUT2D eigenvalue weighted by Crippen LogP contribution is 2.44. The first kappa shape index (κ1) is 33.0. The summed E-state index contributed by atoms with van der Waals surface area (Å²) >= 11 is 0. The molecule has 0 bridgehead atoms. The molecule has 0 saturated carbocycles. The Morgan fingerprint density at radius 3 is 1.23 bits per heavy atom. The molecule has 0 aliphatic heterocycles. The van der Waals surface area contributed by atoms with E-state index in [2.05, 4.69) is 120 Å². The smallest absolute Gasteiger partial charge is 0.164 e. The van der Waals surface area contributed by atoms with E-state index in [9.17, 15) is 0 Å². The number of para-hydroxylation sites is 1. The maximum absolute atomic E-state index is 6.66. The van der Waals surface area contributed by atoms with E-state index in [1.54, 1.807) is 0 Å². The van der Waals surface area contributed by atoms with E-state index in [1.807, 2.05) is 91.0 Å². The van der Waals surface area contributed by atoms with Gasteiger partial charge < -0.3 is 9.32 Å². The summed E-state index contributed by atoms with van der Waals surface area (Å²) in [7, 11) is 0. The predicted octanol–water partition coefficient (Wildman–Crippen LogP) is 13.6. The van der Waals surface area contributed by atoms with Crippen LogP contribution in [0.25, 0.3) is 78.4 Å². The summed E-state index contributed by atoms with van der Waals surface area (Å²) in [6.07, 6.45) is 0. The van der Waals surface area contributed by atoms with Gasteiger partial charge in [-0.2, -0.15) is 0 Å². The number of hydrogen-bond acceptors (Lipinski definition) is 5. The summed E-state index contributed by atoms with van der Waals surface area (Å²) in [4.78, 5) is 17.6. The van der Waals surface area contributed by atoms with Crippen LogP contribution >= 0.6 is 0 Å². The molecule has 10 aromatic rings. The van der Waals surface area contributed by atoms with Crippen molar-refractivity contribution in [2.45, 2.75) is 0 Å². The van der Waals surface area contributed by atoms with Gasteiger partial charge in [0.1, 0.15) is 11.2 Å². The molecule has 0 spiro atoms. The minimum absolute atomic E-state index is 0.565. The van der Waals surface area contributed by atoms with Crippen molar-refractivity contribution >= 4 is 39.0 Å². The van der Waals surface area contributed by atoms with Gasteiger partial charge in [0, 0.05) is 44.9 Å². The number of anilines is 3. The van der Waals surface area contributed by atoms with Gasteiger partial charge in [-0.1, -0.05) is 164 Å². The van der Waals surface area contributed by atoms with Crippen LogP contribution in [-0.2, 0) is 0 Å². The van der Waals surface area contributed by atoms with Gasteiger partial charge in [0.25, 0.3) is 0 Å². The normalized spacial score (nSPS) is 11.2. The Labute approximate surface area is 324 Å². The van der Waals surface area contributed by atoms with Crippen LogP contribution in [0.3, 0.4) is 0 Å². The number of benzene rings is 8. The fourth-order valence-electron chi connectivity index (χ4n) is 7.39. The molecule has 264 valence electrons. The Kier molecular flexibility index (Phi) is 8.43. The standard InChI is InChI=1S/C51H34N4O/c1-5-15-35(16-6-1)37-25-29-41(30-26-37)55(42-31-27-38(28-32-42)36-17-7-2-8-18-36)43-33-45(48-44-23-13-14-24-46(44)56-47(48)34-43)51-53-49(39-19-9-3-10-20-39)52-50(54-51)40-21-11-4-12-22-40/h1-34H. The fraction of sp³-hybridized carbons (Fsp3) is 0. The van der Waals surface area contributed by atoms with Crippen molar-refractivity contribution < 1.29 is 4.42 Å². The van der Waals surface area contributed by atoms with Crippen LogP contribution in [0.1, 0.15) is 0 Å². The van der Waals surface area contributed by atoms with E-state index in [-0.39, 0.29) is 0 Å². The van der Waals surface area contributed by atoms with Gasteiger partial charge in [-0.05, 0) is 58.7 Å². The molecule has 5 nitrogen and oxygen atoms in total. The summed E-state index contributed by atoms with van der Waals surface area (Å²) in [5.74, 6) is 1.77. The van der Waals surface area contributed by atoms with Gasteiger partial charge in [-0.15, -0.1) is 0 Å². The van der Waals surface area contributed by atoms with Gasteiger partial charge in [0.2, 0.25) is 0 Å². The van der Waals surface area contributed by atoms with E-state index in [0.717, 1.165) is 66.8 Å². The van der Waals surface area contributed by atoms with Gasteiger partial charge >= 0.3 is 0 Å². The highest BCUT2D eigenvalue weighted by molar-refractivity contribution is 6.13. The summed E-state index contributed by atoms with van der Waals surface area (Å²) in [6.45, 7) is 0. The van der Waals surface area contributed by atoms with Crippen LogP contribution in [0.5, 0.6) is 0 Å². The quantitative estimate of drug-likeness (QED) is 0.157. The van der Waals surface area contributed by atoms with Crippen LogP contribution in [0.15, 0.2) is 211 Å². The molecule has 0 aliphatic carbocycles. The molecule has 2 aromatic heterocycles. The summed E-state index contributed by atoms with van der Waals surface area (Å²) in [6, 6.07) is 71.0. The lowest BCUT2D eigenvalue weighted by molar-refractivity contribution is 0.669. The van der Waals surface area contributed by atoms with E-state index >= 15 is 0 Å². The third kappa shape index (κ3) is 6.27. The predicted molar refractivity (Wildman–Crippen MR) is 229 cm³/mol. The van der Waals surface area contributed by atoms with Gasteiger partial charge in [-0.3, -0.25) is 0 Å². The Morgan fingerprint density at radius 1 is 0.321 bits per heavy atom. The van der Waals surface area contributed by atoms with Crippen molar-refractivity contribution in [2.75, 3.05) is 4.90 Å². The molecule has 2 heterocycles. The molecule has 10 rings (SSSR count). The van der Waals surface area contributed by atoms with Crippen LogP contribution in [0, 0.1) is 0 Å². The fourth-order valence-corrected chi connectivity index (χ4v) is 7.39. The molecule has 5 heteroatoms. The maximum Gasteiger partial charge on any atom is 0.164 e. The molecule has 0 aliphatic rings. The highest BCUT2D eigenvalue weighted by atomic mass is 16.3. The minimum atomic E-state index is 0.565. The van der Waals surface area contributed by atoms with Gasteiger partial charge in [-0.25, -0.2) is 15.0 Å². The number of hydrogen-bond donors (Lipinski definition) is 0. The molecular weight excluding hydrogens is 685 g/mol. The average Bonchev–Trinajstić information content (AvgIpc) is 3.66. The first-order valence-corrected chi connectivity index (χ1v) is 18.7. The molecule has 0 fully saturated rings. The largest absolute Gasteiger partial charge is 0.456 e. The van der Waals surface area contributed by atoms with Crippen molar-refractivity contribution in [3.63, 3.8) is 0 Å². The van der Waals surface area contributed by atoms with Crippen molar-refractivity contribution in [1.82, 2.24) is 15.0 Å². The Bertz CT molecular complexity index is 2790. The van der Waals surface area contributed by atoms with Crippen molar-refractivity contribution in [3.8, 4) is 56.4 Å². The molecule has 0 N–H and O–H groups in total. The van der Waals surface area contributed by atoms with Crippen LogP contribution in [-0.4, -0.2) is 15.0 Å². The summed E-state index contributed by atoms with van der Waals surface area (Å²) in [5.41, 5.74) is 11.8. The van der Waals surface area contributed by atoms with Gasteiger partial charge in [0.15, 0.2) is 17.5 Å². The first-order chi connectivity index (χ1) is 27.7. The van der Waals surface area contributed by atoms with Gasteiger partial charge in [0.05, 0.1) is 5.69 Å². The SMILES string of the molecule is c1ccc(-c2ccc(N(c3ccc(-c4ccccc4)cc3)c3cc(-c4nc(-c5ccccc5)nc(-c5ccccc5)n4)c4c(c3)oc3ccccc34)cc2)cc1. The molecule has 0 amide bonds. The molecule has 56 heavy (non-hydrogen) atoms. The van der Waals surface area contributed by atoms with E-state index < -0.39 is 0 Å². The second-order valence-corrected chi connectivity index (χ2v) is 13.7. The van der Waals surface area contributed by atoms with Crippen molar-refractivity contribution in [1.29, 1.82) is 0 Å². The molecule has 8 aromatic carbocycles. The zero-order valence-corrected chi connectivity index (χ0v) is 30.3. The topological polar surface area (TPSA) is 55.1 Å². The maximum atomic E-state index is 6.66. The van der Waals surface area contributed by atoms with Crippen molar-refractivity contribution in [3.05, 3.63) is 206 Å². The van der Waals surface area contributed by atoms with E-state index in [0.29, 0.717) is 17.5 Å². The number of aromatic nitrogens is 3. The zero-order valence-electron chi connectivity index (χ0n) is 30.3. The lowest BCUT2D eigenvalue weighted by Crippen LogP contribution is -2.10. The third-order valence-electron chi connectivity index (χ3n) is 10.1. The van der Waals surface area contributed by atoms with Crippen molar-refractivity contribution in [2.24, 2.45) is 0 Å². The van der Waals surface area contributed by atoms with E-state index in [4.69, 9.17) is 19.4 Å². The number of fused-ring (bicyclic) bond motifs is 3. The van der Waals surface area contributed by atoms with Crippen LogP contribution in [0.4, 0.5) is 17.1 Å². The molecular formula is C51H34N4O. The molecule has 0 atom stereocenters. The molecule has 0 saturated heterocycles. The van der Waals surface area contributed by atoms with Crippen LogP contribution < -0.4 is 4.90 Å². The molecule has 0 unspecified atom stereocenters. The zero-order chi connectivity index (χ0) is 37.3. The second kappa shape index (κ2) is 14.3. The third-order valence-corrected chi connectivity index (χ3v) is 10.1. The monoisotopic (exact) mass is 718 g/mol. The Morgan fingerprint density at radius 2 is 0.732 bits per heavy atom. The highest BCUT2D eigenvalue weighted by Gasteiger charge is 2.22. The summed E-state index contributed by atoms with van der Waals surface area (Å²) < 4.78 is 6.66. The Hall–Kier alpha value is -7.63. The number of nitrogens with zero attached hydrogens (tertiary/aromatic N) is 4. The minimum Gasteiger partial charge on any atom is -0.456 e. The lowest BCUT2D eigenvalue weighted by Gasteiger charge is -2.26. The number of rotatable bonds is 8. The Balaban J connectivity index is 1.21. The molecule has 0 radical (unpaired) electrons. The summed E-state index contributed by atoms with van der Waals surface area (Å²) in [5, 5.41) is 1.95. The first-order valence-electron chi connectivity index (χ1n) is 18.7. The lowest BCUT2D eigenvalue weighted by atomic mass is 10.0.